The van der Waals surface area contributed by atoms with Crippen molar-refractivity contribution in [2.24, 2.45) is 5.41 Å². The number of hydrogen-bond donors (Lipinski definition) is 1. The third kappa shape index (κ3) is 3.59. The van der Waals surface area contributed by atoms with Gasteiger partial charge in [-0.1, -0.05) is 0 Å². The van der Waals surface area contributed by atoms with Gasteiger partial charge in [0.05, 0.1) is 5.54 Å². The van der Waals surface area contributed by atoms with E-state index in [0.29, 0.717) is 17.0 Å². The lowest BCUT2D eigenvalue weighted by Crippen LogP contribution is -2.44. The Hall–Kier alpha value is -1.07. The van der Waals surface area contributed by atoms with E-state index in [2.05, 4.69) is 36.8 Å². The number of rotatable bonds is 2. The maximum Gasteiger partial charge on any atom is 0.274 e. The molecule has 6 heteroatoms. The van der Waals surface area contributed by atoms with Crippen LogP contribution in [0.3, 0.4) is 0 Å². The van der Waals surface area contributed by atoms with Gasteiger partial charge in [0, 0.05) is 31.2 Å². The van der Waals surface area contributed by atoms with Crippen molar-refractivity contribution in [1.82, 2.24) is 20.0 Å². The van der Waals surface area contributed by atoms with Gasteiger partial charge >= 0.3 is 0 Å². The van der Waals surface area contributed by atoms with E-state index in [0.717, 1.165) is 39.0 Å². The monoisotopic (exact) mass is 366 g/mol. The fourth-order valence-electron chi connectivity index (χ4n) is 4.28. The maximum absolute atomic E-state index is 13.0. The number of hydrogen-bond acceptors (Lipinski definition) is 3. The molecule has 2 saturated heterocycles. The van der Waals surface area contributed by atoms with Crippen LogP contribution in [0.4, 0.5) is 0 Å². The summed E-state index contributed by atoms with van der Waals surface area (Å²) < 4.78 is 2.09. The first-order valence-electron chi connectivity index (χ1n) is 9.48. The smallest absolute Gasteiger partial charge is 0.274 e. The van der Waals surface area contributed by atoms with Gasteiger partial charge in [-0.15, -0.1) is 12.4 Å². The van der Waals surface area contributed by atoms with Gasteiger partial charge in [-0.3, -0.25) is 9.48 Å². The second kappa shape index (κ2) is 6.58. The molecular weight excluding hydrogens is 336 g/mol. The third-order valence-electron chi connectivity index (χ3n) is 6.03. The van der Waals surface area contributed by atoms with Gasteiger partial charge in [-0.05, 0) is 70.9 Å². The zero-order valence-corrected chi connectivity index (χ0v) is 16.5. The van der Waals surface area contributed by atoms with Gasteiger partial charge in [0.25, 0.3) is 5.91 Å². The Morgan fingerprint density at radius 3 is 2.44 bits per heavy atom. The van der Waals surface area contributed by atoms with Crippen LogP contribution >= 0.6 is 12.4 Å². The van der Waals surface area contributed by atoms with Crippen molar-refractivity contribution in [3.8, 4) is 0 Å². The second-order valence-electron chi connectivity index (χ2n) is 9.03. The highest BCUT2D eigenvalue weighted by molar-refractivity contribution is 5.92. The number of amides is 1. The van der Waals surface area contributed by atoms with Gasteiger partial charge in [0.15, 0.2) is 5.69 Å². The predicted octanol–water partition coefficient (Wildman–Crippen LogP) is 3.15. The van der Waals surface area contributed by atoms with E-state index in [1.165, 1.54) is 25.0 Å². The van der Waals surface area contributed by atoms with Crippen molar-refractivity contribution >= 4 is 18.3 Å². The van der Waals surface area contributed by atoms with Crippen LogP contribution in [0.2, 0.25) is 0 Å². The molecule has 1 aliphatic carbocycles. The zero-order valence-electron chi connectivity index (χ0n) is 15.7. The largest absolute Gasteiger partial charge is 0.337 e. The summed E-state index contributed by atoms with van der Waals surface area (Å²) in [5, 5.41) is 8.21. The lowest BCUT2D eigenvalue weighted by molar-refractivity contribution is 0.0600. The summed E-state index contributed by atoms with van der Waals surface area (Å²) in [5.41, 5.74) is 2.27. The molecule has 5 nitrogen and oxygen atoms in total. The Balaban J connectivity index is 0.00000182. The van der Waals surface area contributed by atoms with E-state index in [4.69, 9.17) is 5.10 Å². The highest BCUT2D eigenvalue weighted by Crippen LogP contribution is 2.42. The molecule has 140 valence electrons. The Kier molecular flexibility index (Phi) is 4.93. The highest BCUT2D eigenvalue weighted by atomic mass is 35.5. The fraction of sp³-hybridized carbons (Fsp3) is 0.789. The van der Waals surface area contributed by atoms with Crippen LogP contribution in [-0.2, 0) is 5.54 Å². The highest BCUT2D eigenvalue weighted by Gasteiger charge is 2.39. The minimum atomic E-state index is -0.0715. The van der Waals surface area contributed by atoms with Crippen LogP contribution in [0, 0.1) is 5.41 Å². The van der Waals surface area contributed by atoms with Gasteiger partial charge in [0.1, 0.15) is 0 Å². The SMILES string of the molecule is CC(C)(C)n1nc(C(=O)N2CCC3(CCNC3)CC2)cc1C1CC1.Cl. The van der Waals surface area contributed by atoms with Gasteiger partial charge in [-0.25, -0.2) is 0 Å². The summed E-state index contributed by atoms with van der Waals surface area (Å²) in [6.45, 7) is 10.5. The van der Waals surface area contributed by atoms with Crippen molar-refractivity contribution in [2.75, 3.05) is 26.2 Å². The summed E-state index contributed by atoms with van der Waals surface area (Å²) in [6, 6.07) is 2.06. The van der Waals surface area contributed by atoms with E-state index in [9.17, 15) is 4.79 Å². The molecule has 25 heavy (non-hydrogen) atoms. The molecule has 1 N–H and O–H groups in total. The summed E-state index contributed by atoms with van der Waals surface area (Å²) in [7, 11) is 0. The third-order valence-corrected chi connectivity index (χ3v) is 6.03. The molecule has 0 atom stereocenters. The topological polar surface area (TPSA) is 50.2 Å². The lowest BCUT2D eigenvalue weighted by atomic mass is 9.78. The summed E-state index contributed by atoms with van der Waals surface area (Å²) in [5.74, 6) is 0.730. The average molecular weight is 367 g/mol. The Morgan fingerprint density at radius 1 is 1.24 bits per heavy atom. The van der Waals surface area contributed by atoms with E-state index in [1.807, 2.05) is 4.90 Å². The fourth-order valence-corrected chi connectivity index (χ4v) is 4.28. The molecule has 0 unspecified atom stereocenters. The molecule has 0 aromatic carbocycles. The zero-order chi connectivity index (χ0) is 16.9. The van der Waals surface area contributed by atoms with Crippen molar-refractivity contribution in [1.29, 1.82) is 0 Å². The van der Waals surface area contributed by atoms with Crippen LogP contribution < -0.4 is 5.32 Å². The van der Waals surface area contributed by atoms with E-state index in [-0.39, 0.29) is 23.9 Å². The van der Waals surface area contributed by atoms with E-state index in [1.54, 1.807) is 0 Å². The van der Waals surface area contributed by atoms with Crippen molar-refractivity contribution in [3.63, 3.8) is 0 Å². The second-order valence-corrected chi connectivity index (χ2v) is 9.03. The van der Waals surface area contributed by atoms with Crippen LogP contribution in [0.25, 0.3) is 0 Å². The Morgan fingerprint density at radius 2 is 1.92 bits per heavy atom. The van der Waals surface area contributed by atoms with E-state index < -0.39 is 0 Å². The Labute approximate surface area is 156 Å². The summed E-state index contributed by atoms with van der Waals surface area (Å²) in [6.07, 6.45) is 5.98. The Bertz CT molecular complexity index is 628. The normalized spacial score (nSPS) is 22.9. The molecular formula is C19H31ClN4O. The number of aromatic nitrogens is 2. The van der Waals surface area contributed by atoms with Crippen LogP contribution in [-0.4, -0.2) is 46.8 Å². The minimum Gasteiger partial charge on any atom is -0.337 e. The molecule has 3 aliphatic rings. The number of nitrogens with one attached hydrogen (secondary N) is 1. The molecule has 1 spiro atoms. The number of halogens is 1. The first-order chi connectivity index (χ1) is 11.4. The first kappa shape index (κ1) is 18.7. The first-order valence-corrected chi connectivity index (χ1v) is 9.48. The number of carbonyl (C=O) groups is 1. The number of nitrogens with zero attached hydrogens (tertiary/aromatic N) is 3. The number of carbonyl (C=O) groups excluding carboxylic acids is 1. The van der Waals surface area contributed by atoms with Crippen molar-refractivity contribution in [3.05, 3.63) is 17.5 Å². The van der Waals surface area contributed by atoms with Crippen molar-refractivity contribution < 1.29 is 4.79 Å². The number of likely N-dealkylation sites (tertiary alicyclic amines) is 1. The average Bonchev–Trinajstić information content (AvgIpc) is 3.12. The van der Waals surface area contributed by atoms with Crippen LogP contribution in [0.5, 0.6) is 0 Å². The molecule has 3 fully saturated rings. The molecule has 0 bridgehead atoms. The van der Waals surface area contributed by atoms with Crippen LogP contribution in [0.1, 0.15) is 75.0 Å². The summed E-state index contributed by atoms with van der Waals surface area (Å²) >= 11 is 0. The quantitative estimate of drug-likeness (QED) is 0.874. The van der Waals surface area contributed by atoms with Crippen molar-refractivity contribution in [2.45, 2.75) is 64.3 Å². The number of piperidine rings is 1. The standard InChI is InChI=1S/C19H30N4O.ClH/c1-18(2,3)23-16(14-4-5-14)12-15(21-23)17(24)22-10-7-19(8-11-22)6-9-20-13-19;/h12,14,20H,4-11,13H2,1-3H3;1H. The molecule has 1 aromatic rings. The lowest BCUT2D eigenvalue weighted by Gasteiger charge is -2.38. The van der Waals surface area contributed by atoms with Gasteiger partial charge < -0.3 is 10.2 Å². The molecule has 1 amide bonds. The molecule has 4 rings (SSSR count). The van der Waals surface area contributed by atoms with E-state index >= 15 is 0 Å². The van der Waals surface area contributed by atoms with Gasteiger partial charge in [0.2, 0.25) is 0 Å². The molecule has 2 aliphatic heterocycles. The molecule has 1 aromatic heterocycles. The molecule has 3 heterocycles. The maximum atomic E-state index is 13.0. The predicted molar refractivity (Wildman–Crippen MR) is 102 cm³/mol. The van der Waals surface area contributed by atoms with Crippen LogP contribution in [0.15, 0.2) is 6.07 Å². The molecule has 0 radical (unpaired) electrons. The van der Waals surface area contributed by atoms with Gasteiger partial charge in [-0.2, -0.15) is 5.10 Å². The molecule has 1 saturated carbocycles. The minimum absolute atomic E-state index is 0. The summed E-state index contributed by atoms with van der Waals surface area (Å²) in [4.78, 5) is 15.0.